The van der Waals surface area contributed by atoms with Crippen LogP contribution in [0, 0.1) is 0 Å². The van der Waals surface area contributed by atoms with Gasteiger partial charge in [0.25, 0.3) is 0 Å². The first-order valence-electron chi connectivity index (χ1n) is 7.63. The van der Waals surface area contributed by atoms with Crippen LogP contribution in [0.15, 0.2) is 36.4 Å². The third kappa shape index (κ3) is 3.16. The molecule has 0 aliphatic heterocycles. The molecule has 0 bridgehead atoms. The fourth-order valence-corrected chi connectivity index (χ4v) is 11.1. The fraction of sp³-hybridized carbons (Fsp3) is 0.333. The van der Waals surface area contributed by atoms with E-state index in [0.717, 1.165) is 0 Å². The molecular weight excluding hydrogens is 486 g/mol. The molecule has 21 heavy (non-hydrogen) atoms. The van der Waals surface area contributed by atoms with Gasteiger partial charge in [-0.1, -0.05) is 0 Å². The second-order valence-corrected chi connectivity index (χ2v) is 38.1. The summed E-state index contributed by atoms with van der Waals surface area (Å²) in [5.74, 6) is 0. The number of benzene rings is 2. The zero-order valence-corrected chi connectivity index (χ0v) is 20.4. The summed E-state index contributed by atoms with van der Waals surface area (Å²) in [5, 5.41) is 2.90. The van der Waals surface area contributed by atoms with Gasteiger partial charge in [0.15, 0.2) is 0 Å². The first-order chi connectivity index (χ1) is 9.66. The van der Waals surface area contributed by atoms with Gasteiger partial charge in [-0.2, -0.15) is 0 Å². The molecule has 0 N–H and O–H groups in total. The summed E-state index contributed by atoms with van der Waals surface area (Å²) in [5.41, 5.74) is 0. The number of rotatable bonds is 2. The van der Waals surface area contributed by atoms with Crippen LogP contribution in [-0.2, 0) is 0 Å². The quantitative estimate of drug-likeness (QED) is 0.420. The molecule has 0 aliphatic rings. The first kappa shape index (κ1) is 16.1. The van der Waals surface area contributed by atoms with E-state index in [1.54, 1.807) is 7.16 Å². The molecule has 0 amide bonds. The third-order valence-corrected chi connectivity index (χ3v) is 17.0. The van der Waals surface area contributed by atoms with E-state index in [-0.39, 0.29) is 0 Å². The SMILES string of the molecule is [CH3][Sn]([CH3])([CH3])[c]1ccc2c(c1)sc1c[c]([Sn]([CH3])([CH3])[CH3])ccc12. The molecule has 3 heteroatoms. The van der Waals surface area contributed by atoms with Crippen LogP contribution in [-0.4, -0.2) is 36.8 Å². The van der Waals surface area contributed by atoms with Gasteiger partial charge in [0.05, 0.1) is 0 Å². The number of hydrogen-bond acceptors (Lipinski definition) is 1. The standard InChI is InChI=1S/C12H6S.6CH3.2Sn/c1-3-7-11-9(5-1)10-6-2-4-8-12(10)13-11;;;;;;;;/h1-2,5-8H;6*1H3;;. The van der Waals surface area contributed by atoms with Crippen molar-refractivity contribution in [1.29, 1.82) is 0 Å². The van der Waals surface area contributed by atoms with Crippen LogP contribution in [0.25, 0.3) is 20.2 Å². The summed E-state index contributed by atoms with van der Waals surface area (Å²) < 4.78 is 6.24. The van der Waals surface area contributed by atoms with Crippen molar-refractivity contribution < 1.29 is 0 Å². The van der Waals surface area contributed by atoms with Gasteiger partial charge in [0.2, 0.25) is 0 Å². The van der Waals surface area contributed by atoms with Gasteiger partial charge in [-0.3, -0.25) is 0 Å². The summed E-state index contributed by atoms with van der Waals surface area (Å²) >= 11 is -1.93. The minimum absolute atomic E-state index is 1.45. The van der Waals surface area contributed by atoms with Crippen molar-refractivity contribution in [1.82, 2.24) is 0 Å². The summed E-state index contributed by atoms with van der Waals surface area (Å²) in [6.07, 6.45) is 0. The summed E-state index contributed by atoms with van der Waals surface area (Å²) in [6.45, 7) is 0. The van der Waals surface area contributed by atoms with Gasteiger partial charge in [-0.25, -0.2) is 0 Å². The molecule has 110 valence electrons. The molecule has 1 aromatic heterocycles. The number of hydrogen-bond donors (Lipinski definition) is 0. The molecule has 2 aromatic carbocycles. The van der Waals surface area contributed by atoms with Crippen molar-refractivity contribution in [2.45, 2.75) is 29.6 Å². The molecule has 0 atom stereocenters. The number of fused-ring (bicyclic) bond motifs is 3. The van der Waals surface area contributed by atoms with Crippen molar-refractivity contribution in [2.75, 3.05) is 0 Å². The van der Waals surface area contributed by atoms with Crippen molar-refractivity contribution >= 4 is 75.4 Å². The molecule has 0 nitrogen and oxygen atoms in total. The Morgan fingerprint density at radius 1 is 0.619 bits per heavy atom. The van der Waals surface area contributed by atoms with Crippen molar-refractivity contribution in [3.8, 4) is 0 Å². The fourth-order valence-electron chi connectivity index (χ4n) is 2.71. The maximum atomic E-state index is 2.50. The van der Waals surface area contributed by atoms with Gasteiger partial charge in [0, 0.05) is 0 Å². The molecule has 0 saturated carbocycles. The average Bonchev–Trinajstić information content (AvgIpc) is 2.73. The van der Waals surface area contributed by atoms with E-state index in [2.05, 4.69) is 66.0 Å². The summed E-state index contributed by atoms with van der Waals surface area (Å²) in [6, 6.07) is 14.5. The van der Waals surface area contributed by atoms with Gasteiger partial charge in [0.1, 0.15) is 0 Å². The van der Waals surface area contributed by atoms with Crippen LogP contribution >= 0.6 is 11.3 Å². The molecule has 3 rings (SSSR count). The van der Waals surface area contributed by atoms with Crippen LogP contribution in [0.4, 0.5) is 0 Å². The van der Waals surface area contributed by atoms with Crippen LogP contribution in [0.5, 0.6) is 0 Å². The predicted molar refractivity (Wildman–Crippen MR) is 105 cm³/mol. The van der Waals surface area contributed by atoms with Crippen molar-refractivity contribution in [3.05, 3.63) is 36.4 Å². The van der Waals surface area contributed by atoms with E-state index >= 15 is 0 Å². The molecule has 0 saturated heterocycles. The van der Waals surface area contributed by atoms with Gasteiger partial charge < -0.3 is 0 Å². The molecule has 0 unspecified atom stereocenters. The van der Waals surface area contributed by atoms with Gasteiger partial charge >= 0.3 is 141 Å². The van der Waals surface area contributed by atoms with E-state index in [1.807, 2.05) is 11.3 Å². The van der Waals surface area contributed by atoms with Gasteiger partial charge in [-0.05, 0) is 0 Å². The summed E-state index contributed by atoms with van der Waals surface area (Å²) in [7, 11) is 0. The zero-order valence-electron chi connectivity index (χ0n) is 13.9. The predicted octanol–water partition coefficient (Wildman–Crippen LogP) is 5.14. The van der Waals surface area contributed by atoms with Gasteiger partial charge in [-0.15, -0.1) is 0 Å². The van der Waals surface area contributed by atoms with E-state index in [0.29, 0.717) is 0 Å². The van der Waals surface area contributed by atoms with E-state index in [1.165, 1.54) is 20.2 Å². The Balaban J connectivity index is 2.24. The Labute approximate surface area is 140 Å². The Morgan fingerprint density at radius 2 is 1.00 bits per heavy atom. The Morgan fingerprint density at radius 3 is 1.33 bits per heavy atom. The van der Waals surface area contributed by atoms with E-state index in [9.17, 15) is 0 Å². The second kappa shape index (κ2) is 5.41. The molecule has 0 radical (unpaired) electrons. The normalized spacial score (nSPS) is 13.2. The Bertz CT molecular complexity index is 748. The first-order valence-corrected chi connectivity index (χ1v) is 28.4. The topological polar surface area (TPSA) is 0 Å². The Hall–Kier alpha value is 0.257. The summed E-state index contributed by atoms with van der Waals surface area (Å²) in [4.78, 5) is 15.0. The third-order valence-electron chi connectivity index (χ3n) is 4.21. The molecular formula is C18H24SSn2. The van der Waals surface area contributed by atoms with Crippen LogP contribution in [0.2, 0.25) is 29.6 Å². The molecule has 0 spiro atoms. The molecule has 1 heterocycles. The van der Waals surface area contributed by atoms with Crippen LogP contribution in [0.3, 0.4) is 0 Å². The minimum atomic E-state index is -1.96. The number of thiophene rings is 1. The van der Waals surface area contributed by atoms with E-state index < -0.39 is 36.8 Å². The molecule has 0 aliphatic carbocycles. The molecule has 0 fully saturated rings. The molecule has 3 aromatic rings. The second-order valence-electron chi connectivity index (χ2n) is 8.02. The Kier molecular flexibility index (Phi) is 4.16. The van der Waals surface area contributed by atoms with Crippen LogP contribution < -0.4 is 7.16 Å². The zero-order chi connectivity index (χ0) is 15.4. The van der Waals surface area contributed by atoms with E-state index in [4.69, 9.17) is 0 Å². The monoisotopic (exact) mass is 512 g/mol. The average molecular weight is 510 g/mol. The van der Waals surface area contributed by atoms with Crippen molar-refractivity contribution in [3.63, 3.8) is 0 Å². The maximum absolute atomic E-state index is 2.50. The van der Waals surface area contributed by atoms with Crippen LogP contribution in [0.1, 0.15) is 0 Å². The van der Waals surface area contributed by atoms with Crippen molar-refractivity contribution in [2.24, 2.45) is 0 Å².